The van der Waals surface area contributed by atoms with Gasteiger partial charge in [-0.3, -0.25) is 9.98 Å². The molecule has 1 aliphatic heterocycles. The third-order valence-electron chi connectivity index (χ3n) is 5.74. The lowest BCUT2D eigenvalue weighted by atomic mass is 10.2. The number of aromatic amines is 1. The first-order chi connectivity index (χ1) is 16.3. The van der Waals surface area contributed by atoms with E-state index in [4.69, 9.17) is 14.8 Å². The van der Waals surface area contributed by atoms with Gasteiger partial charge >= 0.3 is 0 Å². The molecule has 5 aromatic rings. The van der Waals surface area contributed by atoms with E-state index in [0.717, 1.165) is 58.1 Å². The minimum Gasteiger partial charge on any atom is -0.378 e. The molecule has 5 aromatic heterocycles. The average molecular weight is 438 g/mol. The largest absolute Gasteiger partial charge is 0.378 e. The number of aliphatic imine (C=N–C) groups is 1. The van der Waals surface area contributed by atoms with E-state index in [1.54, 1.807) is 18.6 Å². The summed E-state index contributed by atoms with van der Waals surface area (Å²) in [7, 11) is 0. The van der Waals surface area contributed by atoms with E-state index in [9.17, 15) is 0 Å². The van der Waals surface area contributed by atoms with Gasteiger partial charge in [0.1, 0.15) is 11.5 Å². The zero-order chi connectivity index (χ0) is 22.0. The molecule has 0 atom stereocenters. The molecule has 9 nitrogen and oxygen atoms in total. The Morgan fingerprint density at radius 2 is 1.97 bits per heavy atom. The molecular weight excluding hydrogens is 416 g/mol. The fourth-order valence-electron chi connectivity index (χ4n) is 4.09. The van der Waals surface area contributed by atoms with Gasteiger partial charge in [-0.05, 0) is 24.3 Å². The Morgan fingerprint density at radius 3 is 2.85 bits per heavy atom. The fraction of sp³-hybridized carbons (Fsp3) is 0.208. The van der Waals surface area contributed by atoms with Crippen molar-refractivity contribution in [3.8, 4) is 11.3 Å². The highest BCUT2D eigenvalue weighted by molar-refractivity contribution is 5.97. The summed E-state index contributed by atoms with van der Waals surface area (Å²) in [5, 5.41) is 5.90. The first-order valence-corrected chi connectivity index (χ1v) is 10.9. The van der Waals surface area contributed by atoms with E-state index in [2.05, 4.69) is 30.9 Å². The van der Waals surface area contributed by atoms with E-state index in [0.29, 0.717) is 19.8 Å². The molecule has 6 rings (SSSR count). The van der Waals surface area contributed by atoms with Crippen molar-refractivity contribution in [2.24, 2.45) is 4.99 Å². The van der Waals surface area contributed by atoms with Gasteiger partial charge in [-0.15, -0.1) is 0 Å². The minimum absolute atomic E-state index is 0.469. The number of hydrogen-bond acceptors (Lipinski definition) is 7. The quantitative estimate of drug-likeness (QED) is 0.424. The van der Waals surface area contributed by atoms with Crippen molar-refractivity contribution in [3.05, 3.63) is 72.4 Å². The van der Waals surface area contributed by atoms with Gasteiger partial charge in [0.25, 0.3) is 0 Å². The van der Waals surface area contributed by atoms with Crippen molar-refractivity contribution in [2.45, 2.75) is 6.54 Å². The summed E-state index contributed by atoms with van der Waals surface area (Å²) < 4.78 is 7.47. The van der Waals surface area contributed by atoms with Crippen LogP contribution in [0.4, 0.5) is 5.82 Å². The summed E-state index contributed by atoms with van der Waals surface area (Å²) in [6.45, 7) is 3.49. The molecule has 0 saturated carbocycles. The molecule has 0 spiro atoms. The Balaban J connectivity index is 1.36. The van der Waals surface area contributed by atoms with Crippen molar-refractivity contribution in [3.63, 3.8) is 0 Å². The lowest BCUT2D eigenvalue weighted by Crippen LogP contribution is -2.37. The molecule has 1 aliphatic rings. The molecule has 0 bridgehead atoms. The Bertz CT molecular complexity index is 1430. The van der Waals surface area contributed by atoms with Gasteiger partial charge in [0, 0.05) is 72.7 Å². The van der Waals surface area contributed by atoms with Crippen molar-refractivity contribution >= 4 is 28.7 Å². The van der Waals surface area contributed by atoms with Crippen molar-refractivity contribution in [1.29, 1.82) is 0 Å². The van der Waals surface area contributed by atoms with Crippen LogP contribution < -0.4 is 4.90 Å². The van der Waals surface area contributed by atoms with Crippen molar-refractivity contribution in [1.82, 2.24) is 29.5 Å². The number of ether oxygens (including phenoxy) is 1. The molecular formula is C24H22N8O. The summed E-state index contributed by atoms with van der Waals surface area (Å²) in [5.74, 6) is 1.00. The Morgan fingerprint density at radius 1 is 1.09 bits per heavy atom. The number of anilines is 1. The van der Waals surface area contributed by atoms with E-state index < -0.39 is 0 Å². The number of H-pyrrole nitrogens is 1. The van der Waals surface area contributed by atoms with Crippen molar-refractivity contribution in [2.75, 3.05) is 31.2 Å². The monoisotopic (exact) mass is 438 g/mol. The summed E-state index contributed by atoms with van der Waals surface area (Å²) in [6, 6.07) is 12.0. The van der Waals surface area contributed by atoms with Gasteiger partial charge in [-0.2, -0.15) is 9.61 Å². The molecule has 9 heteroatoms. The number of hydrogen-bond donors (Lipinski definition) is 1. The second kappa shape index (κ2) is 8.44. The van der Waals surface area contributed by atoms with E-state index in [1.807, 2.05) is 47.3 Å². The number of pyridine rings is 2. The molecule has 0 aliphatic carbocycles. The molecule has 1 saturated heterocycles. The smallest absolute Gasteiger partial charge is 0.158 e. The SMILES string of the molecule is C(=NCc1cc(N2CCOCC2)n2nc(-c3ccncc3)cc2n1)c1c[nH]c2ncccc12. The molecule has 33 heavy (non-hydrogen) atoms. The molecule has 1 N–H and O–H groups in total. The number of nitrogens with one attached hydrogen (secondary N) is 1. The van der Waals surface area contributed by atoms with Crippen LogP contribution in [-0.2, 0) is 11.3 Å². The van der Waals surface area contributed by atoms with Crippen LogP contribution in [0.2, 0.25) is 0 Å². The number of nitrogens with zero attached hydrogens (tertiary/aromatic N) is 7. The van der Waals surface area contributed by atoms with E-state index in [-0.39, 0.29) is 0 Å². The Hall–Kier alpha value is -4.11. The number of aromatic nitrogens is 6. The first kappa shape index (κ1) is 19.6. The van der Waals surface area contributed by atoms with Gasteiger partial charge < -0.3 is 14.6 Å². The number of rotatable bonds is 5. The molecule has 0 aromatic carbocycles. The molecule has 0 radical (unpaired) electrons. The maximum Gasteiger partial charge on any atom is 0.158 e. The predicted molar refractivity (Wildman–Crippen MR) is 127 cm³/mol. The number of fused-ring (bicyclic) bond motifs is 2. The maximum absolute atomic E-state index is 5.55. The summed E-state index contributed by atoms with van der Waals surface area (Å²) in [6.07, 6.45) is 9.12. The number of morpholine rings is 1. The van der Waals surface area contributed by atoms with Crippen LogP contribution in [0.5, 0.6) is 0 Å². The summed E-state index contributed by atoms with van der Waals surface area (Å²) in [4.78, 5) is 23.4. The molecule has 1 fully saturated rings. The van der Waals surface area contributed by atoms with E-state index >= 15 is 0 Å². The molecule has 0 unspecified atom stereocenters. The topological polar surface area (TPSA) is 96.6 Å². The van der Waals surface area contributed by atoms with E-state index in [1.165, 1.54) is 0 Å². The average Bonchev–Trinajstić information content (AvgIpc) is 3.49. The van der Waals surface area contributed by atoms with Crippen LogP contribution in [-0.4, -0.2) is 62.1 Å². The van der Waals surface area contributed by atoms with Crippen LogP contribution in [0.25, 0.3) is 27.9 Å². The third kappa shape index (κ3) is 3.83. The lowest BCUT2D eigenvalue weighted by molar-refractivity contribution is 0.122. The van der Waals surface area contributed by atoms with Crippen LogP contribution in [0.15, 0.2) is 66.2 Å². The third-order valence-corrected chi connectivity index (χ3v) is 5.74. The summed E-state index contributed by atoms with van der Waals surface area (Å²) in [5.41, 5.74) is 5.43. The molecule has 0 amide bonds. The highest BCUT2D eigenvalue weighted by Gasteiger charge is 2.18. The van der Waals surface area contributed by atoms with Crippen LogP contribution in [0.3, 0.4) is 0 Å². The zero-order valence-corrected chi connectivity index (χ0v) is 17.9. The minimum atomic E-state index is 0.469. The normalized spacial score (nSPS) is 14.6. The highest BCUT2D eigenvalue weighted by Crippen LogP contribution is 2.24. The summed E-state index contributed by atoms with van der Waals surface area (Å²) >= 11 is 0. The van der Waals surface area contributed by atoms with Crippen LogP contribution in [0.1, 0.15) is 11.3 Å². The molecule has 6 heterocycles. The first-order valence-electron chi connectivity index (χ1n) is 10.9. The van der Waals surface area contributed by atoms with Gasteiger partial charge in [-0.1, -0.05) is 0 Å². The Labute approximate surface area is 189 Å². The van der Waals surface area contributed by atoms with Gasteiger partial charge in [0.2, 0.25) is 0 Å². The fourth-order valence-corrected chi connectivity index (χ4v) is 4.09. The Kier molecular flexibility index (Phi) is 5.00. The lowest BCUT2D eigenvalue weighted by Gasteiger charge is -2.29. The standard InChI is InChI=1S/C24H22N8O/c1-2-20-18(15-28-24(20)27-5-1)14-26-16-19-12-23(31-8-10-33-11-9-31)32-22(29-19)13-21(30-32)17-3-6-25-7-4-17/h1-7,12-15H,8-11,16H2,(H,27,28). The van der Waals surface area contributed by atoms with Gasteiger partial charge in [-0.25, -0.2) is 9.97 Å². The second-order valence-corrected chi connectivity index (χ2v) is 7.85. The van der Waals surface area contributed by atoms with Crippen LogP contribution >= 0.6 is 0 Å². The van der Waals surface area contributed by atoms with Crippen molar-refractivity contribution < 1.29 is 4.74 Å². The van der Waals surface area contributed by atoms with Gasteiger partial charge in [0.15, 0.2) is 5.65 Å². The predicted octanol–water partition coefficient (Wildman–Crippen LogP) is 3.12. The molecule has 164 valence electrons. The maximum atomic E-state index is 5.55. The second-order valence-electron chi connectivity index (χ2n) is 7.85. The highest BCUT2D eigenvalue weighted by atomic mass is 16.5. The van der Waals surface area contributed by atoms with Crippen LogP contribution in [0, 0.1) is 0 Å². The van der Waals surface area contributed by atoms with Gasteiger partial charge in [0.05, 0.1) is 31.1 Å². The zero-order valence-electron chi connectivity index (χ0n) is 17.9.